The minimum Gasteiger partial charge on any atom is -0.298 e. The van der Waals surface area contributed by atoms with Crippen molar-refractivity contribution in [3.63, 3.8) is 0 Å². The molecule has 0 saturated heterocycles. The standard InChI is InChI=1S/C19H19FO/c20-18-11-10-17(13-21)19(12-18)16-8-6-15(7-9-16)14-4-2-1-3-5-14/h6-14H,1-5H2. The van der Waals surface area contributed by atoms with Crippen LogP contribution in [0.1, 0.15) is 53.9 Å². The molecule has 1 fully saturated rings. The number of benzene rings is 2. The van der Waals surface area contributed by atoms with E-state index in [1.165, 1.54) is 55.9 Å². The number of rotatable bonds is 3. The van der Waals surface area contributed by atoms with Crippen LogP contribution in [0.5, 0.6) is 0 Å². The van der Waals surface area contributed by atoms with Gasteiger partial charge in [0.2, 0.25) is 0 Å². The molecule has 2 aromatic carbocycles. The summed E-state index contributed by atoms with van der Waals surface area (Å²) in [5.41, 5.74) is 3.46. The first-order chi connectivity index (χ1) is 10.3. The lowest BCUT2D eigenvalue weighted by Crippen LogP contribution is -2.04. The molecule has 0 aromatic heterocycles. The van der Waals surface area contributed by atoms with Crippen molar-refractivity contribution in [3.05, 3.63) is 59.4 Å². The van der Waals surface area contributed by atoms with Crippen LogP contribution in [-0.2, 0) is 0 Å². The van der Waals surface area contributed by atoms with Crippen LogP contribution in [0, 0.1) is 5.82 Å². The number of carbonyl (C=O) groups excluding carboxylic acids is 1. The van der Waals surface area contributed by atoms with E-state index in [1.54, 1.807) is 0 Å². The van der Waals surface area contributed by atoms with Gasteiger partial charge < -0.3 is 0 Å². The van der Waals surface area contributed by atoms with Crippen LogP contribution in [0.25, 0.3) is 11.1 Å². The van der Waals surface area contributed by atoms with Gasteiger partial charge in [0.1, 0.15) is 5.82 Å². The number of hydrogen-bond acceptors (Lipinski definition) is 1. The van der Waals surface area contributed by atoms with Gasteiger partial charge in [0.25, 0.3) is 0 Å². The van der Waals surface area contributed by atoms with E-state index in [0.29, 0.717) is 17.0 Å². The highest BCUT2D eigenvalue weighted by molar-refractivity contribution is 5.87. The van der Waals surface area contributed by atoms with Gasteiger partial charge in [-0.3, -0.25) is 4.79 Å². The second-order valence-corrected chi connectivity index (χ2v) is 5.81. The summed E-state index contributed by atoms with van der Waals surface area (Å²) in [7, 11) is 0. The normalized spacial score (nSPS) is 15.9. The van der Waals surface area contributed by atoms with Gasteiger partial charge in [-0.05, 0) is 53.6 Å². The van der Waals surface area contributed by atoms with Gasteiger partial charge in [-0.25, -0.2) is 4.39 Å². The SMILES string of the molecule is O=Cc1ccc(F)cc1-c1ccc(C2CCCCC2)cc1. The molecule has 0 unspecified atom stereocenters. The molecule has 1 aliphatic carbocycles. The minimum absolute atomic E-state index is 0.313. The summed E-state index contributed by atoms with van der Waals surface area (Å²) in [4.78, 5) is 11.1. The van der Waals surface area contributed by atoms with Gasteiger partial charge in [0.15, 0.2) is 6.29 Å². The van der Waals surface area contributed by atoms with E-state index in [2.05, 4.69) is 12.1 Å². The first-order valence-electron chi connectivity index (χ1n) is 7.63. The van der Waals surface area contributed by atoms with Gasteiger partial charge in [-0.2, -0.15) is 0 Å². The molecule has 0 bridgehead atoms. The Kier molecular flexibility index (Phi) is 4.14. The molecule has 1 aliphatic rings. The molecule has 0 N–H and O–H groups in total. The lowest BCUT2D eigenvalue weighted by atomic mass is 9.83. The lowest BCUT2D eigenvalue weighted by Gasteiger charge is -2.22. The van der Waals surface area contributed by atoms with Gasteiger partial charge in [-0.15, -0.1) is 0 Å². The van der Waals surface area contributed by atoms with E-state index in [0.717, 1.165) is 11.8 Å². The van der Waals surface area contributed by atoms with Crippen molar-refractivity contribution in [1.29, 1.82) is 0 Å². The predicted molar refractivity (Wildman–Crippen MR) is 83.0 cm³/mol. The van der Waals surface area contributed by atoms with Crippen LogP contribution in [-0.4, -0.2) is 6.29 Å². The number of carbonyl (C=O) groups is 1. The Morgan fingerprint density at radius 3 is 2.33 bits per heavy atom. The van der Waals surface area contributed by atoms with Crippen molar-refractivity contribution in [3.8, 4) is 11.1 Å². The summed E-state index contributed by atoms with van der Waals surface area (Å²) in [6.07, 6.45) is 7.28. The fourth-order valence-electron chi connectivity index (χ4n) is 3.25. The zero-order valence-corrected chi connectivity index (χ0v) is 12.0. The van der Waals surface area contributed by atoms with Crippen molar-refractivity contribution < 1.29 is 9.18 Å². The van der Waals surface area contributed by atoms with Crippen molar-refractivity contribution >= 4 is 6.29 Å². The predicted octanol–water partition coefficient (Wildman–Crippen LogP) is 5.35. The first kappa shape index (κ1) is 14.0. The van der Waals surface area contributed by atoms with Crippen molar-refractivity contribution in [2.24, 2.45) is 0 Å². The van der Waals surface area contributed by atoms with Crippen LogP contribution in [0.2, 0.25) is 0 Å². The summed E-state index contributed by atoms with van der Waals surface area (Å²) < 4.78 is 13.4. The van der Waals surface area contributed by atoms with Crippen LogP contribution >= 0.6 is 0 Å². The van der Waals surface area contributed by atoms with E-state index in [1.807, 2.05) is 12.1 Å². The third kappa shape index (κ3) is 3.05. The molecule has 108 valence electrons. The van der Waals surface area contributed by atoms with Crippen LogP contribution in [0.15, 0.2) is 42.5 Å². The van der Waals surface area contributed by atoms with Gasteiger partial charge >= 0.3 is 0 Å². The van der Waals surface area contributed by atoms with E-state index in [4.69, 9.17) is 0 Å². The largest absolute Gasteiger partial charge is 0.298 e. The Bertz CT molecular complexity index is 625. The monoisotopic (exact) mass is 282 g/mol. The van der Waals surface area contributed by atoms with E-state index in [-0.39, 0.29) is 5.82 Å². The van der Waals surface area contributed by atoms with Crippen molar-refractivity contribution in [1.82, 2.24) is 0 Å². The molecule has 0 aliphatic heterocycles. The Morgan fingerprint density at radius 2 is 1.67 bits per heavy atom. The summed E-state index contributed by atoms with van der Waals surface area (Å²) in [5, 5.41) is 0. The quantitative estimate of drug-likeness (QED) is 0.693. The van der Waals surface area contributed by atoms with E-state index in [9.17, 15) is 9.18 Å². The molecule has 2 heteroatoms. The fourth-order valence-corrected chi connectivity index (χ4v) is 3.25. The molecule has 21 heavy (non-hydrogen) atoms. The molecular formula is C19H19FO. The molecule has 0 radical (unpaired) electrons. The Hall–Kier alpha value is -1.96. The number of hydrogen-bond donors (Lipinski definition) is 0. The third-order valence-electron chi connectivity index (χ3n) is 4.44. The zero-order chi connectivity index (χ0) is 14.7. The maximum atomic E-state index is 13.4. The molecule has 0 heterocycles. The fraction of sp³-hybridized carbons (Fsp3) is 0.316. The van der Waals surface area contributed by atoms with Gasteiger partial charge in [-0.1, -0.05) is 43.5 Å². The van der Waals surface area contributed by atoms with E-state index < -0.39 is 0 Å². The average Bonchev–Trinajstić information content (AvgIpc) is 2.56. The van der Waals surface area contributed by atoms with Crippen LogP contribution in [0.3, 0.4) is 0 Å². The average molecular weight is 282 g/mol. The molecule has 3 rings (SSSR count). The summed E-state index contributed by atoms with van der Waals surface area (Å²) >= 11 is 0. The molecule has 1 saturated carbocycles. The summed E-state index contributed by atoms with van der Waals surface area (Å²) in [6.45, 7) is 0. The highest BCUT2D eigenvalue weighted by Gasteiger charge is 2.15. The highest BCUT2D eigenvalue weighted by atomic mass is 19.1. The maximum absolute atomic E-state index is 13.4. The third-order valence-corrected chi connectivity index (χ3v) is 4.44. The minimum atomic E-state index is -0.313. The second kappa shape index (κ2) is 6.21. The Morgan fingerprint density at radius 1 is 0.952 bits per heavy atom. The van der Waals surface area contributed by atoms with Crippen LogP contribution < -0.4 is 0 Å². The molecule has 2 aromatic rings. The topological polar surface area (TPSA) is 17.1 Å². The van der Waals surface area contributed by atoms with Gasteiger partial charge in [0.05, 0.1) is 0 Å². The van der Waals surface area contributed by atoms with Gasteiger partial charge in [0, 0.05) is 5.56 Å². The second-order valence-electron chi connectivity index (χ2n) is 5.81. The molecule has 0 amide bonds. The Balaban J connectivity index is 1.90. The Labute approximate surface area is 124 Å². The lowest BCUT2D eigenvalue weighted by molar-refractivity contribution is 0.112. The number of halogens is 1. The van der Waals surface area contributed by atoms with Crippen LogP contribution in [0.4, 0.5) is 4.39 Å². The molecule has 1 nitrogen and oxygen atoms in total. The van der Waals surface area contributed by atoms with E-state index >= 15 is 0 Å². The zero-order valence-electron chi connectivity index (χ0n) is 12.0. The summed E-state index contributed by atoms with van der Waals surface area (Å²) in [6, 6.07) is 12.6. The highest BCUT2D eigenvalue weighted by Crippen LogP contribution is 2.34. The first-order valence-corrected chi connectivity index (χ1v) is 7.63. The summed E-state index contributed by atoms with van der Waals surface area (Å²) in [5.74, 6) is 0.345. The van der Waals surface area contributed by atoms with Crippen molar-refractivity contribution in [2.75, 3.05) is 0 Å². The molecule has 0 spiro atoms. The molecular weight excluding hydrogens is 263 g/mol. The molecule has 0 atom stereocenters. The maximum Gasteiger partial charge on any atom is 0.150 e. The smallest absolute Gasteiger partial charge is 0.150 e. The van der Waals surface area contributed by atoms with Crippen molar-refractivity contribution in [2.45, 2.75) is 38.0 Å². The number of aldehydes is 1.